The van der Waals surface area contributed by atoms with Crippen molar-refractivity contribution in [2.45, 2.75) is 33.6 Å². The molecular formula is C18H19N3O3. The van der Waals surface area contributed by atoms with Crippen LogP contribution in [0.1, 0.15) is 28.9 Å². The molecule has 0 aliphatic rings. The fourth-order valence-electron chi connectivity index (χ4n) is 2.91. The maximum atomic E-state index is 12.7. The summed E-state index contributed by atoms with van der Waals surface area (Å²) in [6.45, 7) is 5.67. The van der Waals surface area contributed by atoms with E-state index < -0.39 is 5.97 Å². The van der Waals surface area contributed by atoms with Crippen LogP contribution in [0.2, 0.25) is 0 Å². The highest BCUT2D eigenvalue weighted by atomic mass is 16.4. The van der Waals surface area contributed by atoms with Gasteiger partial charge in [-0.05, 0) is 32.8 Å². The summed E-state index contributed by atoms with van der Waals surface area (Å²) in [4.78, 5) is 28.1. The van der Waals surface area contributed by atoms with E-state index in [9.17, 15) is 9.59 Å². The highest BCUT2D eigenvalue weighted by Gasteiger charge is 2.17. The van der Waals surface area contributed by atoms with Crippen molar-refractivity contribution in [2.24, 2.45) is 0 Å². The van der Waals surface area contributed by atoms with E-state index >= 15 is 0 Å². The van der Waals surface area contributed by atoms with E-state index in [0.29, 0.717) is 16.9 Å². The first-order valence-corrected chi connectivity index (χ1v) is 7.78. The number of fused-ring (bicyclic) bond motifs is 1. The first-order chi connectivity index (χ1) is 11.4. The van der Waals surface area contributed by atoms with E-state index in [0.717, 1.165) is 22.4 Å². The summed E-state index contributed by atoms with van der Waals surface area (Å²) in [5.41, 5.74) is 5.23. The molecule has 2 N–H and O–H groups in total. The molecule has 0 aliphatic heterocycles. The Morgan fingerprint density at radius 3 is 2.50 bits per heavy atom. The zero-order valence-corrected chi connectivity index (χ0v) is 13.9. The molecule has 0 saturated carbocycles. The molecule has 124 valence electrons. The number of aliphatic carboxylic acids is 1. The molecule has 0 radical (unpaired) electrons. The van der Waals surface area contributed by atoms with E-state index in [-0.39, 0.29) is 18.4 Å². The van der Waals surface area contributed by atoms with Gasteiger partial charge in [0.2, 0.25) is 0 Å². The molecule has 0 atom stereocenters. The number of aromatic amines is 1. The molecule has 3 aromatic rings. The SMILES string of the molecule is Cc1ccc(-c2c(C)[nH]n3c(=O)c(CCC(=O)O)c(C)nc23)cc1. The van der Waals surface area contributed by atoms with E-state index in [4.69, 9.17) is 5.11 Å². The van der Waals surface area contributed by atoms with Gasteiger partial charge in [0.1, 0.15) is 0 Å². The first-order valence-electron chi connectivity index (χ1n) is 7.78. The van der Waals surface area contributed by atoms with Crippen LogP contribution in [-0.2, 0) is 11.2 Å². The molecule has 2 heterocycles. The molecule has 0 fully saturated rings. The van der Waals surface area contributed by atoms with Crippen LogP contribution in [0.4, 0.5) is 0 Å². The average Bonchev–Trinajstić information content (AvgIpc) is 2.84. The lowest BCUT2D eigenvalue weighted by atomic mass is 10.0. The molecule has 3 rings (SSSR count). The zero-order chi connectivity index (χ0) is 17.4. The fourth-order valence-corrected chi connectivity index (χ4v) is 2.91. The Hall–Kier alpha value is -2.89. The summed E-state index contributed by atoms with van der Waals surface area (Å²) in [6, 6.07) is 8.05. The fraction of sp³-hybridized carbons (Fsp3) is 0.278. The summed E-state index contributed by atoms with van der Waals surface area (Å²) in [5, 5.41) is 11.9. The summed E-state index contributed by atoms with van der Waals surface area (Å²) in [7, 11) is 0. The quantitative estimate of drug-likeness (QED) is 0.772. The molecule has 6 heteroatoms. The molecule has 6 nitrogen and oxygen atoms in total. The van der Waals surface area contributed by atoms with Gasteiger partial charge in [-0.25, -0.2) is 9.50 Å². The van der Waals surface area contributed by atoms with Crippen molar-refractivity contribution >= 4 is 11.6 Å². The molecule has 0 spiro atoms. The number of hydrogen-bond acceptors (Lipinski definition) is 3. The topological polar surface area (TPSA) is 87.5 Å². The van der Waals surface area contributed by atoms with Crippen LogP contribution in [0.5, 0.6) is 0 Å². The molecular weight excluding hydrogens is 306 g/mol. The van der Waals surface area contributed by atoms with Crippen molar-refractivity contribution in [3.05, 3.63) is 57.1 Å². The van der Waals surface area contributed by atoms with Gasteiger partial charge in [0.15, 0.2) is 5.65 Å². The van der Waals surface area contributed by atoms with Gasteiger partial charge in [0, 0.05) is 28.9 Å². The Morgan fingerprint density at radius 2 is 1.88 bits per heavy atom. The predicted molar refractivity (Wildman–Crippen MR) is 91.4 cm³/mol. The second kappa shape index (κ2) is 5.96. The van der Waals surface area contributed by atoms with Crippen molar-refractivity contribution in [3.8, 4) is 11.1 Å². The van der Waals surface area contributed by atoms with Crippen LogP contribution < -0.4 is 5.56 Å². The standard InChI is InChI=1S/C18H19N3O3/c1-10-4-6-13(7-5-10)16-12(3)20-21-17(16)19-11(2)14(18(21)24)8-9-15(22)23/h4-7,20H,8-9H2,1-3H3,(H,22,23). The first kappa shape index (κ1) is 16.0. The van der Waals surface area contributed by atoms with Gasteiger partial charge in [-0.1, -0.05) is 29.8 Å². The van der Waals surface area contributed by atoms with Crippen molar-refractivity contribution in [3.63, 3.8) is 0 Å². The lowest BCUT2D eigenvalue weighted by Crippen LogP contribution is -2.22. The maximum Gasteiger partial charge on any atom is 0.303 e. The largest absolute Gasteiger partial charge is 0.481 e. The van der Waals surface area contributed by atoms with Crippen molar-refractivity contribution < 1.29 is 9.90 Å². The van der Waals surface area contributed by atoms with Crippen LogP contribution in [-0.4, -0.2) is 25.7 Å². The van der Waals surface area contributed by atoms with Gasteiger partial charge in [0.05, 0.1) is 0 Å². The van der Waals surface area contributed by atoms with E-state index in [2.05, 4.69) is 10.1 Å². The highest BCUT2D eigenvalue weighted by Crippen LogP contribution is 2.27. The van der Waals surface area contributed by atoms with E-state index in [1.165, 1.54) is 4.52 Å². The smallest absolute Gasteiger partial charge is 0.303 e. The number of carboxylic acid groups (broad SMARTS) is 1. The molecule has 0 saturated heterocycles. The third-order valence-corrected chi connectivity index (χ3v) is 4.19. The minimum Gasteiger partial charge on any atom is -0.481 e. The number of nitrogens with zero attached hydrogens (tertiary/aromatic N) is 2. The third-order valence-electron chi connectivity index (χ3n) is 4.19. The minimum atomic E-state index is -0.929. The van der Waals surface area contributed by atoms with Crippen LogP contribution in [0, 0.1) is 20.8 Å². The van der Waals surface area contributed by atoms with Gasteiger partial charge in [-0.15, -0.1) is 0 Å². The summed E-state index contributed by atoms with van der Waals surface area (Å²) < 4.78 is 1.41. The van der Waals surface area contributed by atoms with Crippen LogP contribution in [0.15, 0.2) is 29.1 Å². The Morgan fingerprint density at radius 1 is 1.21 bits per heavy atom. The molecule has 24 heavy (non-hydrogen) atoms. The number of nitrogens with one attached hydrogen (secondary N) is 1. The van der Waals surface area contributed by atoms with Gasteiger partial charge in [-0.3, -0.25) is 14.7 Å². The number of benzene rings is 1. The number of hydrogen-bond donors (Lipinski definition) is 2. The average molecular weight is 325 g/mol. The van der Waals surface area contributed by atoms with Crippen LogP contribution in [0.3, 0.4) is 0 Å². The second-order valence-electron chi connectivity index (χ2n) is 6.01. The predicted octanol–water partition coefficient (Wildman–Crippen LogP) is 2.63. The molecule has 1 aromatic carbocycles. The Kier molecular flexibility index (Phi) is 3.97. The number of carboxylic acids is 1. The summed E-state index contributed by atoms with van der Waals surface area (Å²) >= 11 is 0. The van der Waals surface area contributed by atoms with Crippen molar-refractivity contribution in [2.75, 3.05) is 0 Å². The van der Waals surface area contributed by atoms with Gasteiger partial charge < -0.3 is 5.11 Å². The van der Waals surface area contributed by atoms with Gasteiger partial charge in [0.25, 0.3) is 5.56 Å². The molecule has 2 aromatic heterocycles. The zero-order valence-electron chi connectivity index (χ0n) is 13.9. The molecule has 0 amide bonds. The minimum absolute atomic E-state index is 0.0890. The number of aromatic nitrogens is 3. The lowest BCUT2D eigenvalue weighted by molar-refractivity contribution is -0.136. The number of carbonyl (C=O) groups is 1. The van der Waals surface area contributed by atoms with Crippen molar-refractivity contribution in [1.29, 1.82) is 0 Å². The third kappa shape index (κ3) is 2.71. The maximum absolute atomic E-state index is 12.7. The molecule has 0 bridgehead atoms. The van der Waals surface area contributed by atoms with Gasteiger partial charge >= 0.3 is 5.97 Å². The Labute approximate surface area is 138 Å². The number of rotatable bonds is 4. The molecule has 0 aliphatic carbocycles. The van der Waals surface area contributed by atoms with Gasteiger partial charge in [-0.2, -0.15) is 0 Å². The Bertz CT molecular complexity index is 981. The summed E-state index contributed by atoms with van der Waals surface area (Å²) in [6.07, 6.45) is 0.0855. The lowest BCUT2D eigenvalue weighted by Gasteiger charge is -2.05. The second-order valence-corrected chi connectivity index (χ2v) is 6.01. The van der Waals surface area contributed by atoms with E-state index in [1.54, 1.807) is 6.92 Å². The number of aryl methyl sites for hydroxylation is 3. The normalized spacial score (nSPS) is 11.1. The monoisotopic (exact) mass is 325 g/mol. The Balaban J connectivity index is 2.20. The van der Waals surface area contributed by atoms with Crippen molar-refractivity contribution in [1.82, 2.24) is 14.6 Å². The van der Waals surface area contributed by atoms with Crippen LogP contribution in [0.25, 0.3) is 16.8 Å². The highest BCUT2D eigenvalue weighted by molar-refractivity contribution is 5.80. The van der Waals surface area contributed by atoms with Crippen LogP contribution >= 0.6 is 0 Å². The number of H-pyrrole nitrogens is 1. The summed E-state index contributed by atoms with van der Waals surface area (Å²) in [5.74, 6) is -0.929. The van der Waals surface area contributed by atoms with E-state index in [1.807, 2.05) is 38.1 Å². The molecule has 0 unspecified atom stereocenters.